The lowest BCUT2D eigenvalue weighted by Gasteiger charge is -2.30. The quantitative estimate of drug-likeness (QED) is 0.862. The van der Waals surface area contributed by atoms with Crippen LogP contribution in [0.2, 0.25) is 0 Å². The molecule has 94 valence electrons. The van der Waals surface area contributed by atoms with Crippen LogP contribution < -0.4 is 5.32 Å². The highest BCUT2D eigenvalue weighted by molar-refractivity contribution is 5.42. The van der Waals surface area contributed by atoms with Gasteiger partial charge in [-0.2, -0.15) is 0 Å². The van der Waals surface area contributed by atoms with Crippen LogP contribution in [0.15, 0.2) is 18.3 Å². The van der Waals surface area contributed by atoms with Gasteiger partial charge in [-0.25, -0.2) is 0 Å². The van der Waals surface area contributed by atoms with Crippen molar-refractivity contribution < 1.29 is 4.74 Å². The second kappa shape index (κ2) is 5.98. The molecule has 2 heterocycles. The van der Waals surface area contributed by atoms with Gasteiger partial charge in [0.05, 0.1) is 18.4 Å². The Kier molecular flexibility index (Phi) is 4.34. The van der Waals surface area contributed by atoms with E-state index in [1.165, 1.54) is 0 Å². The van der Waals surface area contributed by atoms with E-state index in [0.29, 0.717) is 6.10 Å². The van der Waals surface area contributed by atoms with Gasteiger partial charge in [0.1, 0.15) is 0 Å². The highest BCUT2D eigenvalue weighted by Gasteiger charge is 2.16. The largest absolute Gasteiger partial charge is 0.385 e. The fraction of sp³-hybridized carbons (Fsp3) is 0.615. The summed E-state index contributed by atoms with van der Waals surface area (Å²) < 4.78 is 5.53. The molecule has 2 rings (SSSR count). The SMILES string of the molecule is CCNc1ccnc(CN2CCOC(C)C2)c1. The van der Waals surface area contributed by atoms with Crippen molar-refractivity contribution in [3.63, 3.8) is 0 Å². The Hall–Kier alpha value is -1.13. The van der Waals surface area contributed by atoms with E-state index in [1.54, 1.807) is 0 Å². The summed E-state index contributed by atoms with van der Waals surface area (Å²) in [7, 11) is 0. The molecular weight excluding hydrogens is 214 g/mol. The Morgan fingerprint density at radius 3 is 3.24 bits per heavy atom. The van der Waals surface area contributed by atoms with Crippen LogP contribution in [0.3, 0.4) is 0 Å². The van der Waals surface area contributed by atoms with Crippen molar-refractivity contribution >= 4 is 5.69 Å². The maximum Gasteiger partial charge on any atom is 0.0674 e. The van der Waals surface area contributed by atoms with Gasteiger partial charge in [-0.1, -0.05) is 0 Å². The number of ether oxygens (including phenoxy) is 1. The molecule has 1 aromatic heterocycles. The summed E-state index contributed by atoms with van der Waals surface area (Å²) in [5.41, 5.74) is 2.27. The topological polar surface area (TPSA) is 37.4 Å². The summed E-state index contributed by atoms with van der Waals surface area (Å²) in [5, 5.41) is 3.31. The van der Waals surface area contributed by atoms with E-state index >= 15 is 0 Å². The van der Waals surface area contributed by atoms with Gasteiger partial charge in [0.2, 0.25) is 0 Å². The van der Waals surface area contributed by atoms with Gasteiger partial charge in [0.15, 0.2) is 0 Å². The number of hydrogen-bond acceptors (Lipinski definition) is 4. The predicted molar refractivity (Wildman–Crippen MR) is 69.1 cm³/mol. The van der Waals surface area contributed by atoms with Crippen molar-refractivity contribution in [3.8, 4) is 0 Å². The molecule has 1 N–H and O–H groups in total. The van der Waals surface area contributed by atoms with Crippen molar-refractivity contribution in [2.24, 2.45) is 0 Å². The summed E-state index contributed by atoms with van der Waals surface area (Å²) in [6.07, 6.45) is 2.21. The summed E-state index contributed by atoms with van der Waals surface area (Å²) in [4.78, 5) is 6.81. The molecule has 0 amide bonds. The average Bonchev–Trinajstić information content (AvgIpc) is 2.30. The second-order valence-corrected chi connectivity index (χ2v) is 4.48. The Balaban J connectivity index is 1.95. The maximum absolute atomic E-state index is 5.53. The summed E-state index contributed by atoms with van der Waals surface area (Å²) in [6, 6.07) is 4.14. The van der Waals surface area contributed by atoms with Gasteiger partial charge < -0.3 is 10.1 Å². The van der Waals surface area contributed by atoms with Gasteiger partial charge in [0, 0.05) is 38.1 Å². The molecule has 1 atom stereocenters. The standard InChI is InChI=1S/C13H21N3O/c1-3-14-12-4-5-15-13(8-12)10-16-6-7-17-11(2)9-16/h4-5,8,11H,3,6-7,9-10H2,1-2H3,(H,14,15). The number of hydrogen-bond donors (Lipinski definition) is 1. The fourth-order valence-electron chi connectivity index (χ4n) is 2.14. The molecule has 17 heavy (non-hydrogen) atoms. The Labute approximate surface area is 103 Å². The second-order valence-electron chi connectivity index (χ2n) is 4.48. The minimum atomic E-state index is 0.334. The van der Waals surface area contributed by atoms with Crippen molar-refractivity contribution in [2.75, 3.05) is 31.6 Å². The number of pyridine rings is 1. The van der Waals surface area contributed by atoms with Crippen molar-refractivity contribution in [3.05, 3.63) is 24.0 Å². The highest BCUT2D eigenvalue weighted by atomic mass is 16.5. The molecule has 0 bridgehead atoms. The monoisotopic (exact) mass is 235 g/mol. The number of nitrogens with zero attached hydrogens (tertiary/aromatic N) is 2. The van der Waals surface area contributed by atoms with Crippen LogP contribution in [0, 0.1) is 0 Å². The molecule has 1 unspecified atom stereocenters. The summed E-state index contributed by atoms with van der Waals surface area (Å²) in [6.45, 7) is 8.89. The minimum absolute atomic E-state index is 0.334. The minimum Gasteiger partial charge on any atom is -0.385 e. The zero-order valence-electron chi connectivity index (χ0n) is 10.6. The van der Waals surface area contributed by atoms with E-state index in [0.717, 1.165) is 44.2 Å². The first-order valence-corrected chi connectivity index (χ1v) is 6.30. The molecule has 0 radical (unpaired) electrons. The van der Waals surface area contributed by atoms with Crippen LogP contribution in [0.25, 0.3) is 0 Å². The molecule has 4 nitrogen and oxygen atoms in total. The molecule has 1 aliphatic rings. The molecule has 0 aromatic carbocycles. The molecule has 1 aromatic rings. The van der Waals surface area contributed by atoms with E-state index in [4.69, 9.17) is 4.74 Å². The first-order chi connectivity index (χ1) is 8.28. The third-order valence-corrected chi connectivity index (χ3v) is 2.91. The highest BCUT2D eigenvalue weighted by Crippen LogP contribution is 2.12. The van der Waals surface area contributed by atoms with Crippen LogP contribution in [0.4, 0.5) is 5.69 Å². The van der Waals surface area contributed by atoms with Crippen molar-refractivity contribution in [1.29, 1.82) is 0 Å². The molecule has 0 aliphatic carbocycles. The number of aromatic nitrogens is 1. The van der Waals surface area contributed by atoms with Gasteiger partial charge in [-0.3, -0.25) is 9.88 Å². The van der Waals surface area contributed by atoms with E-state index in [1.807, 2.05) is 12.3 Å². The predicted octanol–water partition coefficient (Wildman–Crippen LogP) is 1.73. The van der Waals surface area contributed by atoms with Gasteiger partial charge >= 0.3 is 0 Å². The van der Waals surface area contributed by atoms with Crippen LogP contribution >= 0.6 is 0 Å². The van der Waals surface area contributed by atoms with Crippen LogP contribution in [-0.4, -0.2) is 42.2 Å². The summed E-state index contributed by atoms with van der Waals surface area (Å²) >= 11 is 0. The lowest BCUT2D eigenvalue weighted by Crippen LogP contribution is -2.40. The van der Waals surface area contributed by atoms with Gasteiger partial charge in [-0.15, -0.1) is 0 Å². The van der Waals surface area contributed by atoms with E-state index in [9.17, 15) is 0 Å². The first kappa shape index (κ1) is 12.3. The Bertz CT molecular complexity index is 356. The number of morpholine rings is 1. The normalized spacial score (nSPS) is 21.4. The van der Waals surface area contributed by atoms with Gasteiger partial charge in [0.25, 0.3) is 0 Å². The zero-order valence-corrected chi connectivity index (χ0v) is 10.6. The number of rotatable bonds is 4. The Morgan fingerprint density at radius 1 is 1.59 bits per heavy atom. The fourth-order valence-corrected chi connectivity index (χ4v) is 2.14. The van der Waals surface area contributed by atoms with Crippen LogP contribution in [0.5, 0.6) is 0 Å². The third kappa shape index (κ3) is 3.68. The number of nitrogens with one attached hydrogen (secondary N) is 1. The molecule has 1 fully saturated rings. The van der Waals surface area contributed by atoms with Crippen molar-refractivity contribution in [1.82, 2.24) is 9.88 Å². The smallest absolute Gasteiger partial charge is 0.0674 e. The summed E-state index contributed by atoms with van der Waals surface area (Å²) in [5.74, 6) is 0. The number of anilines is 1. The molecule has 0 spiro atoms. The van der Waals surface area contributed by atoms with E-state index in [2.05, 4.69) is 35.1 Å². The molecule has 4 heteroatoms. The first-order valence-electron chi connectivity index (χ1n) is 6.30. The molecular formula is C13H21N3O. The average molecular weight is 235 g/mol. The lowest BCUT2D eigenvalue weighted by molar-refractivity contribution is -0.0215. The molecule has 1 aliphatic heterocycles. The van der Waals surface area contributed by atoms with Crippen LogP contribution in [-0.2, 0) is 11.3 Å². The molecule has 1 saturated heterocycles. The van der Waals surface area contributed by atoms with Gasteiger partial charge in [-0.05, 0) is 26.0 Å². The van der Waals surface area contributed by atoms with E-state index in [-0.39, 0.29) is 0 Å². The third-order valence-electron chi connectivity index (χ3n) is 2.91. The van der Waals surface area contributed by atoms with Crippen molar-refractivity contribution in [2.45, 2.75) is 26.5 Å². The maximum atomic E-state index is 5.53. The lowest BCUT2D eigenvalue weighted by atomic mass is 10.2. The Morgan fingerprint density at radius 2 is 2.47 bits per heavy atom. The molecule has 0 saturated carbocycles. The van der Waals surface area contributed by atoms with E-state index < -0.39 is 0 Å². The van der Waals surface area contributed by atoms with Crippen LogP contribution in [0.1, 0.15) is 19.5 Å². The zero-order chi connectivity index (χ0) is 12.1.